The molecule has 34 heavy (non-hydrogen) atoms. The molecule has 2 aromatic carbocycles. The van der Waals surface area contributed by atoms with E-state index in [2.05, 4.69) is 9.89 Å². The first-order chi connectivity index (χ1) is 16.6. The molecule has 0 saturated carbocycles. The number of carbonyl (C=O) groups is 2. The summed E-state index contributed by atoms with van der Waals surface area (Å²) in [6.07, 6.45) is 8.64. The number of anilines is 1. The molecule has 172 valence electrons. The van der Waals surface area contributed by atoms with Crippen LogP contribution in [0.1, 0.15) is 15.9 Å². The molecule has 5 rings (SSSR count). The van der Waals surface area contributed by atoms with Gasteiger partial charge in [0.05, 0.1) is 18.5 Å². The number of allylic oxidation sites excluding steroid dienone is 2. The van der Waals surface area contributed by atoms with E-state index in [1.54, 1.807) is 31.4 Å². The van der Waals surface area contributed by atoms with Gasteiger partial charge in [0.1, 0.15) is 5.75 Å². The molecule has 2 heterocycles. The normalized spacial score (nSPS) is 20.6. The molecule has 1 aliphatic carbocycles. The van der Waals surface area contributed by atoms with Crippen molar-refractivity contribution in [3.63, 3.8) is 0 Å². The van der Waals surface area contributed by atoms with E-state index < -0.39 is 5.91 Å². The number of rotatable bonds is 4. The van der Waals surface area contributed by atoms with E-state index >= 15 is 0 Å². The van der Waals surface area contributed by atoms with Gasteiger partial charge in [-0.15, -0.1) is 0 Å². The van der Waals surface area contributed by atoms with Gasteiger partial charge < -0.3 is 19.3 Å². The molecule has 2 aromatic rings. The molecule has 1 saturated heterocycles. The fraction of sp³-hybridized carbons (Fsp3) is 0.222. The lowest BCUT2D eigenvalue weighted by Crippen LogP contribution is -2.48. The zero-order valence-electron chi connectivity index (χ0n) is 18.9. The van der Waals surface area contributed by atoms with Crippen LogP contribution in [0.2, 0.25) is 0 Å². The lowest BCUT2D eigenvalue weighted by atomic mass is 10.1. The highest BCUT2D eigenvalue weighted by atomic mass is 16.5. The summed E-state index contributed by atoms with van der Waals surface area (Å²) in [5.41, 5.74) is 3.04. The number of aliphatic imine (C=N–C) groups is 1. The van der Waals surface area contributed by atoms with Crippen LogP contribution in [0.5, 0.6) is 5.75 Å². The van der Waals surface area contributed by atoms with Gasteiger partial charge in [-0.1, -0.05) is 36.4 Å². The lowest BCUT2D eigenvalue weighted by Gasteiger charge is -2.36. The van der Waals surface area contributed by atoms with Gasteiger partial charge in [0.2, 0.25) is 0 Å². The maximum atomic E-state index is 13.0. The number of piperazine rings is 1. The Kier molecular flexibility index (Phi) is 5.99. The fourth-order valence-electron chi connectivity index (χ4n) is 4.27. The molecule has 3 aliphatic rings. The van der Waals surface area contributed by atoms with E-state index in [-0.39, 0.29) is 17.8 Å². The summed E-state index contributed by atoms with van der Waals surface area (Å²) >= 11 is 0. The fourth-order valence-corrected chi connectivity index (χ4v) is 4.27. The third kappa shape index (κ3) is 4.37. The van der Waals surface area contributed by atoms with Gasteiger partial charge in [0, 0.05) is 31.7 Å². The SMILES string of the molecule is COc1ccccc1N1CCN(C(=O)c2ccc(/C=C3\OC4C=CC=CC4=NC3=O)cc2)CC1. The molecule has 1 fully saturated rings. The van der Waals surface area contributed by atoms with Crippen LogP contribution >= 0.6 is 0 Å². The number of amides is 2. The van der Waals surface area contributed by atoms with Gasteiger partial charge in [0.25, 0.3) is 5.91 Å². The van der Waals surface area contributed by atoms with Crippen LogP contribution in [-0.4, -0.2) is 61.8 Å². The van der Waals surface area contributed by atoms with E-state index in [0.717, 1.165) is 30.1 Å². The average molecular weight is 456 g/mol. The molecule has 0 spiro atoms. The zero-order chi connectivity index (χ0) is 23.5. The van der Waals surface area contributed by atoms with E-state index in [1.807, 2.05) is 59.5 Å². The van der Waals surface area contributed by atoms with Gasteiger partial charge in [-0.3, -0.25) is 9.59 Å². The van der Waals surface area contributed by atoms with E-state index in [0.29, 0.717) is 24.4 Å². The number of hydrogen-bond donors (Lipinski definition) is 0. The van der Waals surface area contributed by atoms with Crippen molar-refractivity contribution >= 4 is 29.3 Å². The first-order valence-electron chi connectivity index (χ1n) is 11.3. The molecule has 0 N–H and O–H groups in total. The number of hydrogen-bond acceptors (Lipinski definition) is 5. The van der Waals surface area contributed by atoms with Crippen LogP contribution < -0.4 is 9.64 Å². The van der Waals surface area contributed by atoms with Crippen LogP contribution in [-0.2, 0) is 9.53 Å². The van der Waals surface area contributed by atoms with Crippen LogP contribution in [0.4, 0.5) is 5.69 Å². The van der Waals surface area contributed by atoms with Gasteiger partial charge in [-0.2, -0.15) is 0 Å². The predicted molar refractivity (Wildman–Crippen MR) is 131 cm³/mol. The second-order valence-corrected chi connectivity index (χ2v) is 8.21. The smallest absolute Gasteiger partial charge is 0.312 e. The van der Waals surface area contributed by atoms with Crippen molar-refractivity contribution in [2.75, 3.05) is 38.2 Å². The Bertz CT molecular complexity index is 1220. The van der Waals surface area contributed by atoms with Crippen molar-refractivity contribution in [2.24, 2.45) is 4.99 Å². The molecule has 0 bridgehead atoms. The van der Waals surface area contributed by atoms with Crippen LogP contribution in [0.15, 0.2) is 83.6 Å². The van der Waals surface area contributed by atoms with E-state index in [9.17, 15) is 9.59 Å². The van der Waals surface area contributed by atoms with Crippen LogP contribution in [0.3, 0.4) is 0 Å². The zero-order valence-corrected chi connectivity index (χ0v) is 18.9. The topological polar surface area (TPSA) is 71.4 Å². The summed E-state index contributed by atoms with van der Waals surface area (Å²) in [5, 5.41) is 0. The van der Waals surface area contributed by atoms with Crippen molar-refractivity contribution in [2.45, 2.75) is 6.10 Å². The quantitative estimate of drug-likeness (QED) is 0.660. The Balaban J connectivity index is 1.23. The third-order valence-corrected chi connectivity index (χ3v) is 6.10. The summed E-state index contributed by atoms with van der Waals surface area (Å²) in [5.74, 6) is 0.627. The molecule has 0 aromatic heterocycles. The minimum absolute atomic E-state index is 0.00255. The Morgan fingerprint density at radius 2 is 1.82 bits per heavy atom. The predicted octanol–water partition coefficient (Wildman–Crippen LogP) is 3.49. The van der Waals surface area contributed by atoms with Gasteiger partial charge in [0.15, 0.2) is 11.9 Å². The molecule has 7 nitrogen and oxygen atoms in total. The van der Waals surface area contributed by atoms with Crippen molar-refractivity contribution in [3.8, 4) is 5.75 Å². The minimum Gasteiger partial charge on any atom is -0.495 e. The number of para-hydroxylation sites is 2. The van der Waals surface area contributed by atoms with Crippen molar-refractivity contribution in [1.29, 1.82) is 0 Å². The summed E-state index contributed by atoms with van der Waals surface area (Å²) in [6, 6.07) is 15.1. The third-order valence-electron chi connectivity index (χ3n) is 6.10. The van der Waals surface area contributed by atoms with Crippen molar-refractivity contribution in [1.82, 2.24) is 4.90 Å². The number of carbonyl (C=O) groups excluding carboxylic acids is 2. The molecule has 2 amide bonds. The van der Waals surface area contributed by atoms with Crippen molar-refractivity contribution in [3.05, 3.63) is 89.7 Å². The molecule has 1 unspecified atom stereocenters. The molecule has 7 heteroatoms. The highest BCUT2D eigenvalue weighted by Gasteiger charge is 2.27. The summed E-state index contributed by atoms with van der Waals surface area (Å²) in [7, 11) is 1.67. The molecular formula is C27H25N3O4. The number of nitrogens with zero attached hydrogens (tertiary/aromatic N) is 3. The monoisotopic (exact) mass is 455 g/mol. The van der Waals surface area contributed by atoms with E-state index in [1.165, 1.54) is 0 Å². The Labute approximate surface area is 198 Å². The van der Waals surface area contributed by atoms with Crippen LogP contribution in [0.25, 0.3) is 6.08 Å². The minimum atomic E-state index is -0.403. The van der Waals surface area contributed by atoms with Gasteiger partial charge >= 0.3 is 5.91 Å². The van der Waals surface area contributed by atoms with Crippen molar-refractivity contribution < 1.29 is 19.1 Å². The number of benzene rings is 2. The number of fused-ring (bicyclic) bond motifs is 1. The second-order valence-electron chi connectivity index (χ2n) is 8.21. The highest BCUT2D eigenvalue weighted by Crippen LogP contribution is 2.28. The first kappa shape index (κ1) is 21.7. The second kappa shape index (κ2) is 9.39. The van der Waals surface area contributed by atoms with Gasteiger partial charge in [-0.25, -0.2) is 4.99 Å². The first-order valence-corrected chi connectivity index (χ1v) is 11.3. The Morgan fingerprint density at radius 3 is 2.59 bits per heavy atom. The van der Waals surface area contributed by atoms with Crippen LogP contribution in [0, 0.1) is 0 Å². The van der Waals surface area contributed by atoms with Gasteiger partial charge in [-0.05, 0) is 48.1 Å². The highest BCUT2D eigenvalue weighted by molar-refractivity contribution is 6.13. The standard InChI is InChI=1S/C27H25N3O4/c1-33-24-9-5-3-7-22(24)29-14-16-30(17-15-29)27(32)20-12-10-19(11-13-20)18-25-26(31)28-21-6-2-4-8-23(21)34-25/h2-13,18,23H,14-17H2,1H3/b25-18-. The molecule has 0 radical (unpaired) electrons. The Hall–Kier alpha value is -4.13. The average Bonchev–Trinajstić information content (AvgIpc) is 2.89. The largest absolute Gasteiger partial charge is 0.495 e. The molecule has 1 atom stereocenters. The maximum absolute atomic E-state index is 13.0. The van der Waals surface area contributed by atoms with E-state index in [4.69, 9.17) is 9.47 Å². The summed E-state index contributed by atoms with van der Waals surface area (Å²) in [4.78, 5) is 33.5. The number of ether oxygens (including phenoxy) is 2. The lowest BCUT2D eigenvalue weighted by molar-refractivity contribution is -0.118. The summed E-state index contributed by atoms with van der Waals surface area (Å²) in [6.45, 7) is 2.75. The molecule has 2 aliphatic heterocycles. The Morgan fingerprint density at radius 1 is 1.06 bits per heavy atom. The maximum Gasteiger partial charge on any atom is 0.312 e. The summed E-state index contributed by atoms with van der Waals surface area (Å²) < 4.78 is 11.3. The number of methoxy groups -OCH3 is 1. The molecular weight excluding hydrogens is 430 g/mol.